The van der Waals surface area contributed by atoms with E-state index in [0.717, 1.165) is 12.8 Å². The zero-order chi connectivity index (χ0) is 17.9. The van der Waals surface area contributed by atoms with Crippen molar-refractivity contribution in [1.82, 2.24) is 5.48 Å². The smallest absolute Gasteiger partial charge is 0.341 e. The van der Waals surface area contributed by atoms with E-state index in [4.69, 9.17) is 5.21 Å². The molecule has 0 unspecified atom stereocenters. The van der Waals surface area contributed by atoms with Crippen LogP contribution < -0.4 is 10.8 Å². The molecule has 1 rings (SSSR count). The van der Waals surface area contributed by atoms with Crippen LogP contribution in [0.3, 0.4) is 0 Å². The molecule has 1 aromatic carbocycles. The van der Waals surface area contributed by atoms with E-state index in [1.54, 1.807) is 5.48 Å². The van der Waals surface area contributed by atoms with Crippen LogP contribution in [0.25, 0.3) is 0 Å². The molecule has 0 atom stereocenters. The maximum Gasteiger partial charge on any atom is 0.341 e. The summed E-state index contributed by atoms with van der Waals surface area (Å²) in [5.74, 6) is -1.52. The van der Waals surface area contributed by atoms with E-state index in [-0.39, 0.29) is 23.6 Å². The van der Waals surface area contributed by atoms with E-state index < -0.39 is 11.9 Å². The summed E-state index contributed by atoms with van der Waals surface area (Å²) in [4.78, 5) is 34.1. The van der Waals surface area contributed by atoms with Crippen LogP contribution in [0, 0.1) is 0 Å². The number of ether oxygens (including phenoxy) is 1. The lowest BCUT2D eigenvalue weighted by atomic mass is 10.1. The molecular formula is C16H22N2O6. The molecule has 0 aromatic heterocycles. The molecule has 0 bridgehead atoms. The summed E-state index contributed by atoms with van der Waals surface area (Å²) in [5, 5.41) is 20.6. The molecule has 2 amide bonds. The monoisotopic (exact) mass is 338 g/mol. The predicted molar refractivity (Wildman–Crippen MR) is 85.7 cm³/mol. The van der Waals surface area contributed by atoms with Gasteiger partial charge >= 0.3 is 5.97 Å². The standard InChI is InChI=1S/C16H22N2O6/c1-24-16(22)12-10-11(8-9-13(12)19)17-14(20)6-4-2-3-5-7-15(21)18-23/h8-10,19,23H,2-7H2,1H3,(H,17,20)(H,18,21). The number of esters is 1. The Morgan fingerprint density at radius 2 is 1.67 bits per heavy atom. The lowest BCUT2D eigenvalue weighted by molar-refractivity contribution is -0.129. The van der Waals surface area contributed by atoms with Crippen molar-refractivity contribution in [2.75, 3.05) is 12.4 Å². The average Bonchev–Trinajstić information content (AvgIpc) is 2.58. The van der Waals surface area contributed by atoms with Gasteiger partial charge in [0, 0.05) is 18.5 Å². The highest BCUT2D eigenvalue weighted by Crippen LogP contribution is 2.22. The van der Waals surface area contributed by atoms with Crippen molar-refractivity contribution >= 4 is 23.5 Å². The van der Waals surface area contributed by atoms with Gasteiger partial charge in [0.15, 0.2) is 0 Å². The van der Waals surface area contributed by atoms with Crippen molar-refractivity contribution < 1.29 is 29.4 Å². The minimum atomic E-state index is -0.685. The number of phenols is 1. The lowest BCUT2D eigenvalue weighted by Gasteiger charge is -2.08. The van der Waals surface area contributed by atoms with Gasteiger partial charge in [0.1, 0.15) is 11.3 Å². The van der Waals surface area contributed by atoms with Crippen LogP contribution in [0.4, 0.5) is 5.69 Å². The van der Waals surface area contributed by atoms with Crippen LogP contribution in [0.5, 0.6) is 5.75 Å². The first-order chi connectivity index (χ1) is 11.5. The predicted octanol–water partition coefficient (Wildman–Crippen LogP) is 1.96. The number of rotatable bonds is 9. The van der Waals surface area contributed by atoms with Crippen molar-refractivity contribution in [2.45, 2.75) is 38.5 Å². The number of amides is 2. The molecule has 0 fully saturated rings. The fourth-order valence-electron chi connectivity index (χ4n) is 2.09. The topological polar surface area (TPSA) is 125 Å². The van der Waals surface area contributed by atoms with Gasteiger partial charge < -0.3 is 15.2 Å². The molecule has 0 spiro atoms. The molecular weight excluding hydrogens is 316 g/mol. The molecule has 0 aliphatic rings. The van der Waals surface area contributed by atoms with Gasteiger partial charge in [-0.1, -0.05) is 12.8 Å². The number of methoxy groups -OCH3 is 1. The zero-order valence-corrected chi connectivity index (χ0v) is 13.5. The van der Waals surface area contributed by atoms with Gasteiger partial charge in [-0.25, -0.2) is 10.3 Å². The van der Waals surface area contributed by atoms with Crippen molar-refractivity contribution in [2.24, 2.45) is 0 Å². The quantitative estimate of drug-likeness (QED) is 0.179. The highest BCUT2D eigenvalue weighted by atomic mass is 16.5. The third-order valence-corrected chi connectivity index (χ3v) is 3.37. The number of carbonyl (C=O) groups excluding carboxylic acids is 3. The maximum atomic E-state index is 11.8. The van der Waals surface area contributed by atoms with Gasteiger partial charge in [-0.2, -0.15) is 0 Å². The highest BCUT2D eigenvalue weighted by Gasteiger charge is 2.13. The first-order valence-electron chi connectivity index (χ1n) is 7.62. The molecule has 0 aliphatic heterocycles. The molecule has 0 saturated heterocycles. The van der Waals surface area contributed by atoms with Gasteiger partial charge in [0.2, 0.25) is 11.8 Å². The Bertz CT molecular complexity index is 588. The molecule has 0 radical (unpaired) electrons. The Morgan fingerprint density at radius 3 is 2.25 bits per heavy atom. The lowest BCUT2D eigenvalue weighted by Crippen LogP contribution is -2.17. The second-order valence-corrected chi connectivity index (χ2v) is 5.22. The van der Waals surface area contributed by atoms with Crippen LogP contribution in [-0.4, -0.2) is 35.2 Å². The zero-order valence-electron chi connectivity index (χ0n) is 13.5. The van der Waals surface area contributed by atoms with Crippen LogP contribution in [0.2, 0.25) is 0 Å². The Labute approximate surface area is 139 Å². The molecule has 0 saturated carbocycles. The molecule has 8 heteroatoms. The summed E-state index contributed by atoms with van der Waals surface area (Å²) in [7, 11) is 1.21. The van der Waals surface area contributed by atoms with Crippen molar-refractivity contribution in [1.29, 1.82) is 0 Å². The number of unbranched alkanes of at least 4 members (excludes halogenated alkanes) is 3. The number of hydrogen-bond acceptors (Lipinski definition) is 6. The number of phenolic OH excluding ortho intramolecular Hbond substituents is 1. The van der Waals surface area contributed by atoms with Gasteiger partial charge in [-0.3, -0.25) is 14.8 Å². The fourth-order valence-corrected chi connectivity index (χ4v) is 2.09. The number of aromatic hydroxyl groups is 1. The van der Waals surface area contributed by atoms with Gasteiger partial charge in [-0.15, -0.1) is 0 Å². The Balaban J connectivity index is 2.35. The third-order valence-electron chi connectivity index (χ3n) is 3.37. The van der Waals surface area contributed by atoms with Crippen LogP contribution in [0.15, 0.2) is 18.2 Å². The summed E-state index contributed by atoms with van der Waals surface area (Å²) in [5.41, 5.74) is 1.95. The summed E-state index contributed by atoms with van der Waals surface area (Å²) in [6, 6.07) is 4.16. The third kappa shape index (κ3) is 6.66. The molecule has 132 valence electrons. The minimum absolute atomic E-state index is 0.0162. The molecule has 0 aliphatic carbocycles. The summed E-state index contributed by atoms with van der Waals surface area (Å²) in [6.45, 7) is 0. The number of anilines is 1. The van der Waals surface area contributed by atoms with E-state index >= 15 is 0 Å². The first kappa shape index (κ1) is 19.4. The second-order valence-electron chi connectivity index (χ2n) is 5.22. The molecule has 8 nitrogen and oxygen atoms in total. The van der Waals surface area contributed by atoms with E-state index in [0.29, 0.717) is 24.9 Å². The van der Waals surface area contributed by atoms with E-state index in [1.165, 1.54) is 25.3 Å². The Hall–Kier alpha value is -2.61. The van der Waals surface area contributed by atoms with Crippen molar-refractivity contribution in [3.8, 4) is 5.75 Å². The van der Waals surface area contributed by atoms with Gasteiger partial charge in [0.05, 0.1) is 7.11 Å². The number of hydrogen-bond donors (Lipinski definition) is 4. The Kier molecular flexibility index (Phi) is 8.28. The van der Waals surface area contributed by atoms with Crippen molar-refractivity contribution in [3.63, 3.8) is 0 Å². The second kappa shape index (κ2) is 10.2. The molecule has 4 N–H and O–H groups in total. The summed E-state index contributed by atoms with van der Waals surface area (Å²) < 4.78 is 4.55. The average molecular weight is 338 g/mol. The van der Waals surface area contributed by atoms with Crippen LogP contribution in [-0.2, 0) is 14.3 Å². The first-order valence-corrected chi connectivity index (χ1v) is 7.62. The number of hydroxylamine groups is 1. The van der Waals surface area contributed by atoms with Crippen molar-refractivity contribution in [3.05, 3.63) is 23.8 Å². The van der Waals surface area contributed by atoms with E-state index in [2.05, 4.69) is 10.1 Å². The van der Waals surface area contributed by atoms with Gasteiger partial charge in [-0.05, 0) is 31.0 Å². The maximum absolute atomic E-state index is 11.8. The SMILES string of the molecule is COC(=O)c1cc(NC(=O)CCCCCCC(=O)NO)ccc1O. The van der Waals surface area contributed by atoms with Gasteiger partial charge in [0.25, 0.3) is 0 Å². The molecule has 0 heterocycles. The van der Waals surface area contributed by atoms with E-state index in [1.807, 2.05) is 0 Å². The van der Waals surface area contributed by atoms with E-state index in [9.17, 15) is 19.5 Å². The van der Waals surface area contributed by atoms with Crippen LogP contribution in [0.1, 0.15) is 48.9 Å². The number of nitrogens with one attached hydrogen (secondary N) is 2. The summed E-state index contributed by atoms with van der Waals surface area (Å²) >= 11 is 0. The highest BCUT2D eigenvalue weighted by molar-refractivity contribution is 5.96. The number of carbonyl (C=O) groups is 3. The molecule has 24 heavy (non-hydrogen) atoms. The fraction of sp³-hybridized carbons (Fsp3) is 0.438. The normalized spacial score (nSPS) is 10.1. The number of benzene rings is 1. The minimum Gasteiger partial charge on any atom is -0.507 e. The largest absolute Gasteiger partial charge is 0.507 e. The summed E-state index contributed by atoms with van der Waals surface area (Å²) in [6.07, 6.45) is 3.44. The Morgan fingerprint density at radius 1 is 1.04 bits per heavy atom. The van der Waals surface area contributed by atoms with Crippen LogP contribution >= 0.6 is 0 Å². The molecule has 1 aromatic rings.